The Hall–Kier alpha value is -2.01. The van der Waals surface area contributed by atoms with Gasteiger partial charge in [0.15, 0.2) is 0 Å². The average Bonchev–Trinajstić information content (AvgIpc) is 2.28. The summed E-state index contributed by atoms with van der Waals surface area (Å²) in [5.74, 6) is -0.353. The molecule has 2 rings (SSSR count). The third-order valence-electron chi connectivity index (χ3n) is 2.60. The number of benzene rings is 1. The minimum atomic E-state index is -0.635. The molecule has 18 heavy (non-hydrogen) atoms. The van der Waals surface area contributed by atoms with E-state index in [1.807, 2.05) is 0 Å². The van der Waals surface area contributed by atoms with E-state index in [0.29, 0.717) is 10.6 Å². The Morgan fingerprint density at radius 2 is 2.11 bits per heavy atom. The third-order valence-corrected chi connectivity index (χ3v) is 2.84. The van der Waals surface area contributed by atoms with Gasteiger partial charge in [0.25, 0.3) is 5.56 Å². The second-order valence-corrected chi connectivity index (χ2v) is 4.15. The maximum absolute atomic E-state index is 11.8. The molecule has 6 heteroatoms. The SMILES string of the molecule is CCn1c(O)c(-c2cccc(Cl)c2)c(=O)[nH]c1=O. The lowest BCUT2D eigenvalue weighted by Crippen LogP contribution is -2.30. The highest BCUT2D eigenvalue weighted by Gasteiger charge is 2.15. The number of nitrogens with one attached hydrogen (secondary N) is 1. The number of H-pyrrole nitrogens is 1. The van der Waals surface area contributed by atoms with Crippen molar-refractivity contribution in [1.29, 1.82) is 0 Å². The monoisotopic (exact) mass is 266 g/mol. The molecule has 0 atom stereocenters. The molecule has 0 aliphatic heterocycles. The molecule has 2 N–H and O–H groups in total. The first kappa shape index (κ1) is 12.4. The number of hydrogen-bond acceptors (Lipinski definition) is 3. The van der Waals surface area contributed by atoms with Gasteiger partial charge in [0.1, 0.15) is 5.56 Å². The zero-order chi connectivity index (χ0) is 13.3. The van der Waals surface area contributed by atoms with Gasteiger partial charge >= 0.3 is 5.69 Å². The molecule has 0 fully saturated rings. The Bertz CT molecular complexity index is 703. The molecule has 0 amide bonds. The van der Waals surface area contributed by atoms with E-state index < -0.39 is 11.2 Å². The first-order valence-electron chi connectivity index (χ1n) is 5.36. The summed E-state index contributed by atoms with van der Waals surface area (Å²) in [5, 5.41) is 10.4. The van der Waals surface area contributed by atoms with Crippen LogP contribution in [0.15, 0.2) is 33.9 Å². The summed E-state index contributed by atoms with van der Waals surface area (Å²) < 4.78 is 1.08. The number of aromatic nitrogens is 2. The largest absolute Gasteiger partial charge is 0.494 e. The molecule has 1 aromatic heterocycles. The fourth-order valence-corrected chi connectivity index (χ4v) is 1.95. The molecule has 1 heterocycles. The summed E-state index contributed by atoms with van der Waals surface area (Å²) in [4.78, 5) is 25.4. The second-order valence-electron chi connectivity index (χ2n) is 3.71. The summed E-state index contributed by atoms with van der Waals surface area (Å²) in [5.41, 5.74) is -0.766. The fourth-order valence-electron chi connectivity index (χ4n) is 1.76. The Balaban J connectivity index is 2.80. The zero-order valence-electron chi connectivity index (χ0n) is 9.61. The fraction of sp³-hybridized carbons (Fsp3) is 0.167. The van der Waals surface area contributed by atoms with Crippen LogP contribution in [0.25, 0.3) is 11.1 Å². The Morgan fingerprint density at radius 3 is 2.72 bits per heavy atom. The van der Waals surface area contributed by atoms with E-state index in [2.05, 4.69) is 4.98 Å². The highest BCUT2D eigenvalue weighted by Crippen LogP contribution is 2.25. The highest BCUT2D eigenvalue weighted by molar-refractivity contribution is 6.30. The smallest absolute Gasteiger partial charge is 0.331 e. The molecular formula is C12H11ClN2O3. The summed E-state index contributed by atoms with van der Waals surface area (Å²) in [6, 6.07) is 6.51. The van der Waals surface area contributed by atoms with Crippen LogP contribution in [0, 0.1) is 0 Å². The molecule has 0 radical (unpaired) electrons. The van der Waals surface area contributed by atoms with Gasteiger partial charge in [-0.25, -0.2) is 4.79 Å². The first-order valence-corrected chi connectivity index (χ1v) is 5.74. The minimum Gasteiger partial charge on any atom is -0.494 e. The summed E-state index contributed by atoms with van der Waals surface area (Å²) in [6.07, 6.45) is 0. The molecule has 0 aliphatic rings. The molecular weight excluding hydrogens is 256 g/mol. The van der Waals surface area contributed by atoms with Crippen LogP contribution in [-0.2, 0) is 6.54 Å². The Labute approximate surface area is 107 Å². The van der Waals surface area contributed by atoms with Gasteiger partial charge in [-0.05, 0) is 24.6 Å². The molecule has 2 aromatic rings. The van der Waals surface area contributed by atoms with Crippen molar-refractivity contribution in [2.75, 3.05) is 0 Å². The highest BCUT2D eigenvalue weighted by atomic mass is 35.5. The molecule has 94 valence electrons. The van der Waals surface area contributed by atoms with E-state index in [0.717, 1.165) is 4.57 Å². The van der Waals surface area contributed by atoms with Crippen LogP contribution in [0.2, 0.25) is 5.02 Å². The molecule has 0 aliphatic carbocycles. The van der Waals surface area contributed by atoms with Crippen molar-refractivity contribution in [3.63, 3.8) is 0 Å². The predicted molar refractivity (Wildman–Crippen MR) is 69.1 cm³/mol. The van der Waals surface area contributed by atoms with Gasteiger partial charge in [0.05, 0.1) is 0 Å². The van der Waals surface area contributed by atoms with E-state index in [1.165, 1.54) is 0 Å². The number of hydrogen-bond donors (Lipinski definition) is 2. The predicted octanol–water partition coefficient (Wildman–Crippen LogP) is 1.58. The number of halogens is 1. The number of aromatic amines is 1. The molecule has 1 aromatic carbocycles. The molecule has 5 nitrogen and oxygen atoms in total. The Morgan fingerprint density at radius 1 is 1.39 bits per heavy atom. The quantitative estimate of drug-likeness (QED) is 0.867. The molecule has 0 saturated heterocycles. The van der Waals surface area contributed by atoms with Crippen molar-refractivity contribution < 1.29 is 5.11 Å². The number of rotatable bonds is 2. The van der Waals surface area contributed by atoms with Gasteiger partial charge in [0.2, 0.25) is 5.88 Å². The lowest BCUT2D eigenvalue weighted by molar-refractivity contribution is 0.408. The maximum Gasteiger partial charge on any atom is 0.331 e. The van der Waals surface area contributed by atoms with Crippen molar-refractivity contribution in [2.24, 2.45) is 0 Å². The van der Waals surface area contributed by atoms with Crippen molar-refractivity contribution >= 4 is 11.6 Å². The van der Waals surface area contributed by atoms with Crippen LogP contribution in [0.3, 0.4) is 0 Å². The van der Waals surface area contributed by atoms with Gasteiger partial charge in [-0.2, -0.15) is 0 Å². The zero-order valence-corrected chi connectivity index (χ0v) is 10.4. The lowest BCUT2D eigenvalue weighted by Gasteiger charge is -2.09. The van der Waals surface area contributed by atoms with Gasteiger partial charge in [0, 0.05) is 11.6 Å². The van der Waals surface area contributed by atoms with Crippen LogP contribution in [0.4, 0.5) is 0 Å². The summed E-state index contributed by atoms with van der Waals surface area (Å²) >= 11 is 5.84. The van der Waals surface area contributed by atoms with E-state index in [-0.39, 0.29) is 18.0 Å². The van der Waals surface area contributed by atoms with Crippen molar-refractivity contribution in [3.8, 4) is 17.0 Å². The minimum absolute atomic E-state index is 0.0407. The van der Waals surface area contributed by atoms with Crippen LogP contribution in [0.1, 0.15) is 6.92 Å². The van der Waals surface area contributed by atoms with Gasteiger partial charge in [-0.1, -0.05) is 23.7 Å². The maximum atomic E-state index is 11.8. The number of aromatic hydroxyl groups is 1. The van der Waals surface area contributed by atoms with Gasteiger partial charge < -0.3 is 5.11 Å². The first-order chi connectivity index (χ1) is 8.54. The third kappa shape index (κ3) is 2.04. The van der Waals surface area contributed by atoms with Crippen molar-refractivity contribution in [3.05, 3.63) is 50.1 Å². The number of nitrogens with zero attached hydrogens (tertiary/aromatic N) is 1. The van der Waals surface area contributed by atoms with Crippen molar-refractivity contribution in [2.45, 2.75) is 13.5 Å². The second kappa shape index (κ2) is 4.70. The van der Waals surface area contributed by atoms with Crippen LogP contribution in [0.5, 0.6) is 5.88 Å². The topological polar surface area (TPSA) is 75.1 Å². The van der Waals surface area contributed by atoms with E-state index in [4.69, 9.17) is 11.6 Å². The molecule has 0 saturated carbocycles. The summed E-state index contributed by atoms with van der Waals surface area (Å²) in [6.45, 7) is 1.95. The van der Waals surface area contributed by atoms with Crippen LogP contribution >= 0.6 is 11.6 Å². The molecule has 0 spiro atoms. The average molecular weight is 267 g/mol. The standard InChI is InChI=1S/C12H11ClN2O3/c1-2-15-11(17)9(10(16)14-12(15)18)7-4-3-5-8(13)6-7/h3-6,17H,2H2,1H3,(H,14,16,18). The van der Waals surface area contributed by atoms with E-state index in [9.17, 15) is 14.7 Å². The molecule has 0 unspecified atom stereocenters. The summed E-state index contributed by atoms with van der Waals surface area (Å²) in [7, 11) is 0. The van der Waals surface area contributed by atoms with Crippen LogP contribution < -0.4 is 11.2 Å². The van der Waals surface area contributed by atoms with Gasteiger partial charge in [-0.3, -0.25) is 14.3 Å². The normalized spacial score (nSPS) is 10.6. The lowest BCUT2D eigenvalue weighted by atomic mass is 10.1. The van der Waals surface area contributed by atoms with Crippen molar-refractivity contribution in [1.82, 2.24) is 9.55 Å². The van der Waals surface area contributed by atoms with E-state index >= 15 is 0 Å². The van der Waals surface area contributed by atoms with Crippen LogP contribution in [-0.4, -0.2) is 14.7 Å². The molecule has 0 bridgehead atoms. The Kier molecular flexibility index (Phi) is 3.25. The van der Waals surface area contributed by atoms with E-state index in [1.54, 1.807) is 31.2 Å². The van der Waals surface area contributed by atoms with Gasteiger partial charge in [-0.15, -0.1) is 0 Å².